The molecule has 1 spiro atoms. The van der Waals surface area contributed by atoms with E-state index in [0.29, 0.717) is 144 Å². The maximum Gasteiger partial charge on any atom is 0.229 e. The lowest BCUT2D eigenvalue weighted by molar-refractivity contribution is 0.0944. The molecule has 1 saturated carbocycles. The van der Waals surface area contributed by atoms with E-state index in [1.54, 1.807) is 117 Å². The SMILES string of the molecule is COc1cc(N2CCC(N3CCN(C)CC3)CC2)c(C(C)C)cc1Nc1ncc(Br)c(Nc2ccc3nccnc3c2P(C)(C)=O)n1.COc1cc(N2CCC(N3CCN(C)CC3)CC2)c(C2CC2)cc1Nc1ncc(Br)c(Nc2ccc3nccnc3c2P(C)(C)=O)n1.COc1cc(N2CCC3(CCN(C)CC3)CC2)c(C)cc1Nc1ncc(Br)c(Nc2ccc3nccnc3c2P(C)(C)=O)n1. The van der Waals surface area contributed by atoms with Crippen LogP contribution in [0.1, 0.15) is 107 Å². The number of ether oxygens (including phenoxy) is 3. The van der Waals surface area contributed by atoms with Crippen LogP contribution in [-0.4, -0.2) is 284 Å². The molecule has 19 rings (SSSR count). The van der Waals surface area contributed by atoms with E-state index < -0.39 is 21.4 Å². The monoisotopic (exact) mass is 2120 g/mol. The molecule has 7 aliphatic rings. The largest absolute Gasteiger partial charge is 0.494 e. The van der Waals surface area contributed by atoms with Crippen molar-refractivity contribution in [3.63, 3.8) is 0 Å². The van der Waals surface area contributed by atoms with E-state index in [0.717, 1.165) is 113 Å². The number of anilines is 15. The zero-order chi connectivity index (χ0) is 97.1. The topological polar surface area (TPSA) is 332 Å². The molecule has 12 aromatic rings. The van der Waals surface area contributed by atoms with Crippen molar-refractivity contribution in [2.75, 3.05) is 234 Å². The second-order valence-electron chi connectivity index (χ2n) is 39.0. The zero-order valence-corrected chi connectivity index (χ0v) is 89.1. The molecule has 0 atom stereocenters. The number of methoxy groups -OCH3 is 3. The molecule has 7 fully saturated rings. The number of aryl methyl sites for hydroxylation is 1. The van der Waals surface area contributed by atoms with Crippen LogP contribution in [-0.2, 0) is 13.7 Å². The molecule has 6 aromatic heterocycles. The molecule has 1 aliphatic carbocycles. The van der Waals surface area contributed by atoms with E-state index in [-0.39, 0.29) is 0 Å². The third-order valence-electron chi connectivity index (χ3n) is 28.0. The lowest BCUT2D eigenvalue weighted by Crippen LogP contribution is -2.52. The molecule has 38 heteroatoms. The van der Waals surface area contributed by atoms with Gasteiger partial charge in [-0.1, -0.05) is 13.8 Å². The van der Waals surface area contributed by atoms with E-state index in [2.05, 4.69) is 242 Å². The van der Waals surface area contributed by atoms with Crippen molar-refractivity contribution < 1.29 is 27.9 Å². The molecule has 0 radical (unpaired) electrons. The third-order valence-corrected chi connectivity index (χ3v) is 34.3. The second-order valence-corrected chi connectivity index (χ2v) is 51.0. The number of hydrogen-bond donors (Lipinski definition) is 6. The molecule has 0 bridgehead atoms. The van der Waals surface area contributed by atoms with Crippen LogP contribution >= 0.6 is 69.2 Å². The van der Waals surface area contributed by atoms with Gasteiger partial charge < -0.3 is 89.2 Å². The van der Waals surface area contributed by atoms with Gasteiger partial charge in [0.1, 0.15) is 72.7 Å². The van der Waals surface area contributed by atoms with Crippen molar-refractivity contribution in [3.05, 3.63) is 159 Å². The van der Waals surface area contributed by atoms with Crippen LogP contribution in [0, 0.1) is 12.3 Å². The van der Waals surface area contributed by atoms with Gasteiger partial charge in [0.2, 0.25) is 17.8 Å². The van der Waals surface area contributed by atoms with Crippen molar-refractivity contribution >= 4 is 205 Å². The van der Waals surface area contributed by atoms with Crippen LogP contribution in [0.25, 0.3) is 33.1 Å². The van der Waals surface area contributed by atoms with Gasteiger partial charge in [-0.05, 0) is 282 Å². The average molecular weight is 2120 g/mol. The Labute approximate surface area is 835 Å². The van der Waals surface area contributed by atoms with E-state index in [4.69, 9.17) is 29.2 Å². The van der Waals surface area contributed by atoms with Gasteiger partial charge in [0.25, 0.3) is 0 Å². The first-order chi connectivity index (χ1) is 66.2. The highest BCUT2D eigenvalue weighted by Gasteiger charge is 2.40. The first kappa shape index (κ1) is 99.7. The molecular weight excluding hydrogens is 1990 g/mol. The van der Waals surface area contributed by atoms with Crippen molar-refractivity contribution in [3.8, 4) is 17.2 Å². The standard InChI is InChI=1S/C34H43BrN9O2P.C34H45BrN9O2P.C32H40BrN8O2P/c1-42-15-17-43(18-16-42)23-9-13-44(14-10-23)29-20-30(46-2)28(19-24(29)22-5-6-22)40-34-38-21-25(35)33(41-34)39-27-8-7-26-31(37-12-11-36-26)32(27)47(3,4)45;1-22(2)24-19-28(30(46-4)20-29(24)44-13-9-23(10-14-44)43-17-15-42(3)16-18-43)40-34-38-21-25(35)33(41-34)39-27-8-7-26-31(37-12-11-36-26)32(27)47(5,6)45;1-21-18-25(27(43-3)19-26(21)41-16-10-32(11-17-41)8-14-40(2)15-9-32)38-31-36-20-22(33)30(39-31)37-24-7-6-23-28(35-13-12-34-23)29(24)44(4,5)42/h7-8,11-12,19-23H,5-6,9-10,13-18H2,1-4H3,(H2,38,39,40,41);7-8,11-12,19-23H,9-10,13-18H2,1-6H3,(H2,38,39,40,41);6-7,12-13,18-20H,8-11,14-17H2,1-5H3,(H2,36,37,38,39). The number of benzene rings is 6. The predicted molar refractivity (Wildman–Crippen MR) is 574 cm³/mol. The minimum absolute atomic E-state index is 0.308. The fourth-order valence-electron chi connectivity index (χ4n) is 20.1. The number of halogens is 3. The number of likely N-dealkylation sites (tertiary alicyclic amines) is 1. The summed E-state index contributed by atoms with van der Waals surface area (Å²) in [4.78, 5) is 75.0. The quantitative estimate of drug-likeness (QED) is 0.0290. The molecule has 0 unspecified atom stereocenters. The Morgan fingerprint density at radius 2 is 0.710 bits per heavy atom. The van der Waals surface area contributed by atoms with E-state index in [9.17, 15) is 13.7 Å². The molecule has 6 aliphatic heterocycles. The summed E-state index contributed by atoms with van der Waals surface area (Å²) < 4.78 is 60.0. The Bertz CT molecular complexity index is 6310. The number of hydrogen-bond acceptors (Lipinski definition) is 32. The van der Waals surface area contributed by atoms with Crippen LogP contribution in [0.2, 0.25) is 0 Å². The van der Waals surface area contributed by atoms with Crippen LogP contribution in [0.4, 0.5) is 86.5 Å². The highest BCUT2D eigenvalue weighted by atomic mass is 79.9. The van der Waals surface area contributed by atoms with Crippen LogP contribution in [0.5, 0.6) is 17.2 Å². The highest BCUT2D eigenvalue weighted by Crippen LogP contribution is 2.52. The summed E-state index contributed by atoms with van der Waals surface area (Å²) in [5.74, 6) is 5.94. The van der Waals surface area contributed by atoms with Crippen LogP contribution in [0.15, 0.2) is 142 Å². The van der Waals surface area contributed by atoms with Gasteiger partial charge in [-0.25, -0.2) is 15.0 Å². The lowest BCUT2D eigenvalue weighted by atomic mass is 9.71. The minimum atomic E-state index is -2.74. The van der Waals surface area contributed by atoms with Crippen molar-refractivity contribution in [2.45, 2.75) is 109 Å². The molecular formula is C100H128Br3N26O6P3. The Morgan fingerprint density at radius 3 is 1.08 bits per heavy atom. The normalized spacial score (nSPS) is 17.5. The Morgan fingerprint density at radius 1 is 0.377 bits per heavy atom. The average Bonchev–Trinajstić information content (AvgIpc) is 1.76. The number of fused-ring (bicyclic) bond motifs is 3. The molecule has 6 aromatic carbocycles. The number of nitrogens with zero attached hydrogens (tertiary/aromatic N) is 20. The summed E-state index contributed by atoms with van der Waals surface area (Å²) in [6, 6.07) is 25.6. The maximum atomic E-state index is 13.5. The van der Waals surface area contributed by atoms with Gasteiger partial charge in [-0.3, -0.25) is 39.7 Å². The summed E-state index contributed by atoms with van der Waals surface area (Å²) in [5.41, 5.74) is 16.4. The molecule has 6 saturated heterocycles. The fraction of sp³-hybridized carbons (Fsp3) is 0.460. The summed E-state index contributed by atoms with van der Waals surface area (Å²) in [7, 11) is 3.58. The number of aromatic nitrogens is 12. The number of piperazine rings is 2. The van der Waals surface area contributed by atoms with Crippen LogP contribution in [0.3, 0.4) is 0 Å². The fourth-order valence-corrected chi connectivity index (χ4v) is 25.2. The third kappa shape index (κ3) is 23.1. The van der Waals surface area contributed by atoms with Gasteiger partial charge in [0.15, 0.2) is 0 Å². The summed E-state index contributed by atoms with van der Waals surface area (Å²) in [6.07, 6.45) is 27.1. The Kier molecular flexibility index (Phi) is 31.0. The first-order valence-electron chi connectivity index (χ1n) is 47.7. The van der Waals surface area contributed by atoms with Gasteiger partial charge in [-0.15, -0.1) is 0 Å². The van der Waals surface area contributed by atoms with Gasteiger partial charge in [0.05, 0.1) is 101 Å². The number of nitrogens with one attached hydrogen (secondary N) is 6. The van der Waals surface area contributed by atoms with E-state index in [1.807, 2.05) is 36.4 Å². The van der Waals surface area contributed by atoms with E-state index in [1.165, 1.54) is 124 Å². The molecule has 12 heterocycles. The predicted octanol–water partition coefficient (Wildman–Crippen LogP) is 18.8. The van der Waals surface area contributed by atoms with E-state index >= 15 is 0 Å². The Balaban J connectivity index is 0.000000143. The number of piperidine rings is 4. The number of likely N-dealkylation sites (N-methyl/N-ethyl adjacent to an activating group) is 2. The number of rotatable bonds is 25. The summed E-state index contributed by atoms with van der Waals surface area (Å²) >= 11 is 10.8. The van der Waals surface area contributed by atoms with Crippen molar-refractivity contribution in [2.24, 2.45) is 5.41 Å². The van der Waals surface area contributed by atoms with Gasteiger partial charge in [-0.2, -0.15) is 15.0 Å². The second kappa shape index (κ2) is 42.9. The van der Waals surface area contributed by atoms with Crippen molar-refractivity contribution in [1.29, 1.82) is 0 Å². The van der Waals surface area contributed by atoms with Crippen LogP contribution < -0.4 is 76.7 Å². The minimum Gasteiger partial charge on any atom is -0.494 e. The summed E-state index contributed by atoms with van der Waals surface area (Å²) in [6.45, 7) is 35.1. The smallest absolute Gasteiger partial charge is 0.229 e. The molecule has 0 amide bonds. The Hall–Kier alpha value is -9.89. The lowest BCUT2D eigenvalue weighted by Gasteiger charge is -2.47. The van der Waals surface area contributed by atoms with Crippen molar-refractivity contribution in [1.82, 2.24) is 84.3 Å². The molecule has 6 N–H and O–H groups in total. The maximum absolute atomic E-state index is 13.5. The highest BCUT2D eigenvalue weighted by molar-refractivity contribution is 9.11. The zero-order valence-electron chi connectivity index (χ0n) is 81.7. The molecule has 32 nitrogen and oxygen atoms in total. The van der Waals surface area contributed by atoms with Gasteiger partial charge >= 0.3 is 0 Å². The summed E-state index contributed by atoms with van der Waals surface area (Å²) in [5, 5.41) is 22.3. The molecule has 730 valence electrons. The molecule has 138 heavy (non-hydrogen) atoms. The van der Waals surface area contributed by atoms with Gasteiger partial charge in [0, 0.05) is 195 Å². The first-order valence-corrected chi connectivity index (χ1v) is 57.9.